The Morgan fingerprint density at radius 2 is 2.00 bits per heavy atom. The summed E-state index contributed by atoms with van der Waals surface area (Å²) in [5, 5.41) is 1.10. The number of aromatic amines is 1. The zero-order chi connectivity index (χ0) is 10.3. The SMILES string of the molecule is COc1cc(N)c2c(C)c(C)[nH]c2c1. The van der Waals surface area contributed by atoms with Crippen LogP contribution in [0.4, 0.5) is 5.69 Å². The van der Waals surface area contributed by atoms with Gasteiger partial charge >= 0.3 is 0 Å². The number of anilines is 1. The lowest BCUT2D eigenvalue weighted by Gasteiger charge is -2.03. The molecule has 3 nitrogen and oxygen atoms in total. The summed E-state index contributed by atoms with van der Waals surface area (Å²) < 4.78 is 5.15. The van der Waals surface area contributed by atoms with E-state index in [1.165, 1.54) is 5.56 Å². The number of aryl methyl sites for hydroxylation is 2. The lowest BCUT2D eigenvalue weighted by molar-refractivity contribution is 0.415. The lowest BCUT2D eigenvalue weighted by atomic mass is 10.1. The number of nitrogens with one attached hydrogen (secondary N) is 1. The second-order valence-corrected chi connectivity index (χ2v) is 3.51. The van der Waals surface area contributed by atoms with E-state index in [0.29, 0.717) is 0 Å². The van der Waals surface area contributed by atoms with E-state index < -0.39 is 0 Å². The number of H-pyrrole nitrogens is 1. The van der Waals surface area contributed by atoms with E-state index >= 15 is 0 Å². The first-order valence-electron chi connectivity index (χ1n) is 4.56. The third-order valence-electron chi connectivity index (χ3n) is 2.64. The van der Waals surface area contributed by atoms with Gasteiger partial charge in [0.05, 0.1) is 12.6 Å². The van der Waals surface area contributed by atoms with Crippen molar-refractivity contribution in [3.8, 4) is 5.75 Å². The molecule has 0 amide bonds. The van der Waals surface area contributed by atoms with E-state index in [0.717, 1.165) is 28.0 Å². The Hall–Kier alpha value is -1.64. The first-order chi connectivity index (χ1) is 6.63. The quantitative estimate of drug-likeness (QED) is 0.678. The van der Waals surface area contributed by atoms with Gasteiger partial charge < -0.3 is 15.5 Å². The molecule has 1 aromatic carbocycles. The molecule has 3 N–H and O–H groups in total. The standard InChI is InChI=1S/C11H14N2O/c1-6-7(2)13-10-5-8(14-3)4-9(12)11(6)10/h4-5,13H,12H2,1-3H3. The maximum atomic E-state index is 5.95. The van der Waals surface area contributed by atoms with E-state index in [1.54, 1.807) is 7.11 Å². The van der Waals surface area contributed by atoms with Crippen LogP contribution in [0.5, 0.6) is 5.75 Å². The number of rotatable bonds is 1. The number of ether oxygens (including phenoxy) is 1. The highest BCUT2D eigenvalue weighted by atomic mass is 16.5. The van der Waals surface area contributed by atoms with Gasteiger partial charge in [0.15, 0.2) is 0 Å². The maximum absolute atomic E-state index is 5.95. The number of hydrogen-bond donors (Lipinski definition) is 2. The van der Waals surface area contributed by atoms with Crippen molar-refractivity contribution in [1.29, 1.82) is 0 Å². The molecule has 0 aliphatic carbocycles. The Labute approximate surface area is 82.9 Å². The van der Waals surface area contributed by atoms with E-state index in [2.05, 4.69) is 11.9 Å². The van der Waals surface area contributed by atoms with E-state index in [-0.39, 0.29) is 0 Å². The van der Waals surface area contributed by atoms with Crippen LogP contribution >= 0.6 is 0 Å². The summed E-state index contributed by atoms with van der Waals surface area (Å²) in [5.41, 5.74) is 10.1. The summed E-state index contributed by atoms with van der Waals surface area (Å²) in [7, 11) is 1.64. The Morgan fingerprint density at radius 3 is 2.64 bits per heavy atom. The van der Waals surface area contributed by atoms with Crippen LogP contribution < -0.4 is 10.5 Å². The molecule has 0 fully saturated rings. The molecule has 0 atom stereocenters. The van der Waals surface area contributed by atoms with Crippen molar-refractivity contribution < 1.29 is 4.74 Å². The minimum absolute atomic E-state index is 0.765. The monoisotopic (exact) mass is 190 g/mol. The van der Waals surface area contributed by atoms with Gasteiger partial charge in [-0.1, -0.05) is 0 Å². The van der Waals surface area contributed by atoms with Crippen LogP contribution in [-0.2, 0) is 0 Å². The molecule has 0 saturated heterocycles. The highest BCUT2D eigenvalue weighted by Crippen LogP contribution is 2.30. The molecule has 0 unspecified atom stereocenters. The van der Waals surface area contributed by atoms with Gasteiger partial charge in [-0.25, -0.2) is 0 Å². The van der Waals surface area contributed by atoms with Gasteiger partial charge in [-0.05, 0) is 19.4 Å². The molecule has 0 aliphatic heterocycles. The Balaban J connectivity index is 2.83. The van der Waals surface area contributed by atoms with Gasteiger partial charge in [-0.3, -0.25) is 0 Å². The molecule has 0 bridgehead atoms. The van der Waals surface area contributed by atoms with Crippen molar-refractivity contribution in [2.45, 2.75) is 13.8 Å². The number of fused-ring (bicyclic) bond motifs is 1. The average molecular weight is 190 g/mol. The van der Waals surface area contributed by atoms with Gasteiger partial charge in [0.2, 0.25) is 0 Å². The van der Waals surface area contributed by atoms with Crippen LogP contribution in [0.1, 0.15) is 11.3 Å². The summed E-state index contributed by atoms with van der Waals surface area (Å²) in [5.74, 6) is 0.788. The summed E-state index contributed by atoms with van der Waals surface area (Å²) in [6.45, 7) is 4.11. The Bertz CT molecular complexity index is 485. The molecule has 0 saturated carbocycles. The van der Waals surface area contributed by atoms with E-state index in [1.807, 2.05) is 19.1 Å². The summed E-state index contributed by atoms with van der Waals surface area (Å²) in [6.07, 6.45) is 0. The highest BCUT2D eigenvalue weighted by molar-refractivity contribution is 5.95. The van der Waals surface area contributed by atoms with Crippen LogP contribution in [0.15, 0.2) is 12.1 Å². The van der Waals surface area contributed by atoms with Crippen LogP contribution in [-0.4, -0.2) is 12.1 Å². The summed E-state index contributed by atoms with van der Waals surface area (Å²) >= 11 is 0. The normalized spacial score (nSPS) is 10.8. The third-order valence-corrected chi connectivity index (χ3v) is 2.64. The van der Waals surface area contributed by atoms with Crippen molar-refractivity contribution in [2.75, 3.05) is 12.8 Å². The second-order valence-electron chi connectivity index (χ2n) is 3.51. The Morgan fingerprint density at radius 1 is 1.29 bits per heavy atom. The van der Waals surface area contributed by atoms with Crippen LogP contribution in [0.2, 0.25) is 0 Å². The van der Waals surface area contributed by atoms with Crippen LogP contribution in [0, 0.1) is 13.8 Å². The largest absolute Gasteiger partial charge is 0.497 e. The van der Waals surface area contributed by atoms with Gasteiger partial charge in [-0.15, -0.1) is 0 Å². The molecule has 1 aromatic heterocycles. The van der Waals surface area contributed by atoms with E-state index in [9.17, 15) is 0 Å². The second kappa shape index (κ2) is 2.94. The Kier molecular flexibility index (Phi) is 1.88. The first-order valence-corrected chi connectivity index (χ1v) is 4.56. The van der Waals surface area contributed by atoms with Crippen LogP contribution in [0.25, 0.3) is 10.9 Å². The maximum Gasteiger partial charge on any atom is 0.123 e. The molecule has 0 radical (unpaired) electrons. The van der Waals surface area contributed by atoms with Crippen molar-refractivity contribution >= 4 is 16.6 Å². The predicted octanol–water partition coefficient (Wildman–Crippen LogP) is 2.38. The number of aromatic nitrogens is 1. The molecular formula is C11H14N2O. The minimum atomic E-state index is 0.765. The van der Waals surface area contributed by atoms with Crippen LogP contribution in [0.3, 0.4) is 0 Å². The molecular weight excluding hydrogens is 176 g/mol. The van der Waals surface area contributed by atoms with E-state index in [4.69, 9.17) is 10.5 Å². The van der Waals surface area contributed by atoms with Gasteiger partial charge in [-0.2, -0.15) is 0 Å². The fraction of sp³-hybridized carbons (Fsp3) is 0.273. The van der Waals surface area contributed by atoms with Gasteiger partial charge in [0.25, 0.3) is 0 Å². The number of nitrogen functional groups attached to an aromatic ring is 1. The zero-order valence-electron chi connectivity index (χ0n) is 8.64. The molecule has 74 valence electrons. The third kappa shape index (κ3) is 1.13. The topological polar surface area (TPSA) is 51.0 Å². The fourth-order valence-corrected chi connectivity index (χ4v) is 1.76. The molecule has 0 aliphatic rings. The van der Waals surface area contributed by atoms with Gasteiger partial charge in [0.1, 0.15) is 5.75 Å². The fourth-order valence-electron chi connectivity index (χ4n) is 1.76. The highest BCUT2D eigenvalue weighted by Gasteiger charge is 2.08. The smallest absolute Gasteiger partial charge is 0.123 e. The number of methoxy groups -OCH3 is 1. The minimum Gasteiger partial charge on any atom is -0.497 e. The molecule has 3 heteroatoms. The van der Waals surface area contributed by atoms with Crippen molar-refractivity contribution in [3.05, 3.63) is 23.4 Å². The average Bonchev–Trinajstić information content (AvgIpc) is 2.43. The molecule has 14 heavy (non-hydrogen) atoms. The predicted molar refractivity (Wildman–Crippen MR) is 58.7 cm³/mol. The first kappa shape index (κ1) is 8.94. The molecule has 2 rings (SSSR count). The summed E-state index contributed by atoms with van der Waals surface area (Å²) in [6, 6.07) is 3.81. The molecule has 0 spiro atoms. The van der Waals surface area contributed by atoms with Crippen molar-refractivity contribution in [2.24, 2.45) is 0 Å². The number of nitrogens with two attached hydrogens (primary N) is 1. The lowest BCUT2D eigenvalue weighted by Crippen LogP contribution is -1.89. The van der Waals surface area contributed by atoms with Crippen molar-refractivity contribution in [3.63, 3.8) is 0 Å². The number of benzene rings is 1. The number of hydrogen-bond acceptors (Lipinski definition) is 2. The van der Waals surface area contributed by atoms with Gasteiger partial charge in [0, 0.05) is 28.9 Å². The molecule has 1 heterocycles. The zero-order valence-corrected chi connectivity index (χ0v) is 8.64. The van der Waals surface area contributed by atoms with Crippen molar-refractivity contribution in [1.82, 2.24) is 4.98 Å². The summed E-state index contributed by atoms with van der Waals surface area (Å²) in [4.78, 5) is 3.28. The molecule has 2 aromatic rings.